The van der Waals surface area contributed by atoms with Crippen LogP contribution in [-0.4, -0.2) is 12.6 Å². The first-order valence-electron chi connectivity index (χ1n) is 11.0. The Morgan fingerprint density at radius 1 is 0.840 bits per heavy atom. The molecule has 1 aliphatic carbocycles. The van der Waals surface area contributed by atoms with Crippen molar-refractivity contribution in [3.63, 3.8) is 0 Å². The average Bonchev–Trinajstić information content (AvgIpc) is 2.61. The Morgan fingerprint density at radius 2 is 1.32 bits per heavy atom. The first-order valence-corrected chi connectivity index (χ1v) is 11.0. The van der Waals surface area contributed by atoms with Crippen LogP contribution in [0, 0.1) is 11.8 Å². The van der Waals surface area contributed by atoms with Gasteiger partial charge in [-0.1, -0.05) is 97.0 Å². The lowest BCUT2D eigenvalue weighted by molar-refractivity contribution is -0.139. The van der Waals surface area contributed by atoms with E-state index >= 15 is 0 Å². The van der Waals surface area contributed by atoms with E-state index in [-0.39, 0.29) is 5.97 Å². The lowest BCUT2D eigenvalue weighted by Gasteiger charge is -2.28. The van der Waals surface area contributed by atoms with E-state index in [1.807, 2.05) is 0 Å². The van der Waals surface area contributed by atoms with Gasteiger partial charge in [0, 0.05) is 5.57 Å². The smallest absolute Gasteiger partial charge is 0.333 e. The van der Waals surface area contributed by atoms with E-state index in [0.29, 0.717) is 12.2 Å². The Bertz CT molecular complexity index is 353. The molecule has 0 spiro atoms. The van der Waals surface area contributed by atoms with Gasteiger partial charge in [0.05, 0.1) is 6.61 Å². The third kappa shape index (κ3) is 11.4. The Kier molecular flexibility index (Phi) is 12.8. The van der Waals surface area contributed by atoms with Crippen molar-refractivity contribution < 1.29 is 9.53 Å². The van der Waals surface area contributed by atoms with Crippen molar-refractivity contribution in [3.8, 4) is 0 Å². The normalized spacial score (nSPS) is 20.4. The quantitative estimate of drug-likeness (QED) is 0.188. The summed E-state index contributed by atoms with van der Waals surface area (Å²) in [6.07, 6.45) is 20.7. The van der Waals surface area contributed by atoms with E-state index in [2.05, 4.69) is 13.5 Å². The molecule has 0 aromatic carbocycles. The second kappa shape index (κ2) is 14.4. The van der Waals surface area contributed by atoms with E-state index in [0.717, 1.165) is 18.3 Å². The fraction of sp³-hybridized carbons (Fsp3) is 0.870. The van der Waals surface area contributed by atoms with Gasteiger partial charge in [-0.2, -0.15) is 0 Å². The molecule has 0 unspecified atom stereocenters. The summed E-state index contributed by atoms with van der Waals surface area (Å²) < 4.78 is 5.18. The van der Waals surface area contributed by atoms with Crippen LogP contribution >= 0.6 is 0 Å². The molecule has 1 aliphatic rings. The van der Waals surface area contributed by atoms with E-state index in [1.54, 1.807) is 6.92 Å². The third-order valence-corrected chi connectivity index (χ3v) is 5.77. The van der Waals surface area contributed by atoms with Crippen molar-refractivity contribution in [2.75, 3.05) is 6.61 Å². The Labute approximate surface area is 156 Å². The molecule has 0 heterocycles. The van der Waals surface area contributed by atoms with E-state index in [9.17, 15) is 4.79 Å². The topological polar surface area (TPSA) is 26.3 Å². The van der Waals surface area contributed by atoms with Gasteiger partial charge in [0.2, 0.25) is 0 Å². The minimum Gasteiger partial charge on any atom is -0.462 e. The number of ether oxygens (including phenoxy) is 1. The number of unbranched alkanes of at least 4 members (excludes halogenated alkanes) is 7. The highest BCUT2D eigenvalue weighted by Crippen LogP contribution is 2.34. The second-order valence-electron chi connectivity index (χ2n) is 8.21. The van der Waals surface area contributed by atoms with Crippen LogP contribution in [0.1, 0.15) is 110 Å². The fourth-order valence-electron chi connectivity index (χ4n) is 4.04. The minimum atomic E-state index is -0.242. The highest BCUT2D eigenvalue weighted by atomic mass is 16.5. The highest BCUT2D eigenvalue weighted by molar-refractivity contribution is 5.86. The highest BCUT2D eigenvalue weighted by Gasteiger charge is 2.20. The molecular formula is C23H42O2. The predicted molar refractivity (Wildman–Crippen MR) is 108 cm³/mol. The van der Waals surface area contributed by atoms with Gasteiger partial charge in [0.1, 0.15) is 0 Å². The van der Waals surface area contributed by atoms with Crippen molar-refractivity contribution in [1.82, 2.24) is 0 Å². The van der Waals surface area contributed by atoms with Gasteiger partial charge in [0.25, 0.3) is 0 Å². The first-order chi connectivity index (χ1) is 12.1. The van der Waals surface area contributed by atoms with Gasteiger partial charge in [-0.15, -0.1) is 0 Å². The molecule has 1 fully saturated rings. The first kappa shape index (κ1) is 22.3. The second-order valence-corrected chi connectivity index (χ2v) is 8.21. The van der Waals surface area contributed by atoms with E-state index in [1.165, 1.54) is 89.9 Å². The number of carbonyl (C=O) groups excluding carboxylic acids is 1. The van der Waals surface area contributed by atoms with Crippen LogP contribution in [0.2, 0.25) is 0 Å². The zero-order valence-electron chi connectivity index (χ0n) is 17.0. The molecule has 1 saturated carbocycles. The minimum absolute atomic E-state index is 0.242. The van der Waals surface area contributed by atoms with Crippen LogP contribution in [0.15, 0.2) is 12.2 Å². The van der Waals surface area contributed by atoms with Gasteiger partial charge in [0.15, 0.2) is 0 Å². The van der Waals surface area contributed by atoms with Crippen LogP contribution in [0.4, 0.5) is 0 Å². The molecule has 1 rings (SSSR count). The maximum atomic E-state index is 11.3. The van der Waals surface area contributed by atoms with Crippen LogP contribution in [-0.2, 0) is 9.53 Å². The lowest BCUT2D eigenvalue weighted by atomic mass is 9.78. The zero-order valence-corrected chi connectivity index (χ0v) is 17.0. The SMILES string of the molecule is C=C(C)C(=O)OCCCC1CCC(CCCCCCCCCC)CC1. The molecular weight excluding hydrogens is 308 g/mol. The van der Waals surface area contributed by atoms with Gasteiger partial charge < -0.3 is 4.74 Å². The summed E-state index contributed by atoms with van der Waals surface area (Å²) in [6, 6.07) is 0. The number of rotatable bonds is 14. The van der Waals surface area contributed by atoms with Gasteiger partial charge in [-0.05, 0) is 31.6 Å². The van der Waals surface area contributed by atoms with Crippen molar-refractivity contribution in [2.45, 2.75) is 110 Å². The van der Waals surface area contributed by atoms with Crippen LogP contribution in [0.25, 0.3) is 0 Å². The summed E-state index contributed by atoms with van der Waals surface area (Å²) in [4.78, 5) is 11.3. The summed E-state index contributed by atoms with van der Waals surface area (Å²) in [6.45, 7) is 8.16. The summed E-state index contributed by atoms with van der Waals surface area (Å²) in [7, 11) is 0. The predicted octanol–water partition coefficient (Wildman–Crippen LogP) is 7.22. The van der Waals surface area contributed by atoms with Gasteiger partial charge >= 0.3 is 5.97 Å². The summed E-state index contributed by atoms with van der Waals surface area (Å²) in [5.74, 6) is 1.60. The summed E-state index contributed by atoms with van der Waals surface area (Å²) in [5.41, 5.74) is 0.501. The molecule has 146 valence electrons. The molecule has 0 aromatic heterocycles. The molecule has 0 aliphatic heterocycles. The maximum Gasteiger partial charge on any atom is 0.333 e. The van der Waals surface area contributed by atoms with Crippen LogP contribution in [0.5, 0.6) is 0 Å². The fourth-order valence-corrected chi connectivity index (χ4v) is 4.04. The molecule has 25 heavy (non-hydrogen) atoms. The van der Waals surface area contributed by atoms with Crippen molar-refractivity contribution in [1.29, 1.82) is 0 Å². The Hall–Kier alpha value is -0.790. The van der Waals surface area contributed by atoms with Gasteiger partial charge in [-0.3, -0.25) is 0 Å². The largest absolute Gasteiger partial charge is 0.462 e. The van der Waals surface area contributed by atoms with Crippen molar-refractivity contribution in [3.05, 3.63) is 12.2 Å². The molecule has 0 amide bonds. The number of carbonyl (C=O) groups is 1. The van der Waals surface area contributed by atoms with Crippen LogP contribution < -0.4 is 0 Å². The molecule has 0 aromatic rings. The summed E-state index contributed by atoms with van der Waals surface area (Å²) >= 11 is 0. The van der Waals surface area contributed by atoms with Crippen LogP contribution in [0.3, 0.4) is 0 Å². The molecule has 0 N–H and O–H groups in total. The monoisotopic (exact) mass is 350 g/mol. The maximum absolute atomic E-state index is 11.3. The molecule has 0 atom stereocenters. The number of hydrogen-bond acceptors (Lipinski definition) is 2. The number of esters is 1. The molecule has 2 nitrogen and oxygen atoms in total. The van der Waals surface area contributed by atoms with Gasteiger partial charge in [-0.25, -0.2) is 4.79 Å². The Morgan fingerprint density at radius 3 is 1.84 bits per heavy atom. The number of hydrogen-bond donors (Lipinski definition) is 0. The van der Waals surface area contributed by atoms with E-state index < -0.39 is 0 Å². The van der Waals surface area contributed by atoms with Crippen molar-refractivity contribution >= 4 is 5.97 Å². The third-order valence-electron chi connectivity index (χ3n) is 5.77. The van der Waals surface area contributed by atoms with E-state index in [4.69, 9.17) is 4.74 Å². The summed E-state index contributed by atoms with van der Waals surface area (Å²) in [5, 5.41) is 0. The Balaban J connectivity index is 1.92. The van der Waals surface area contributed by atoms with Crippen molar-refractivity contribution in [2.24, 2.45) is 11.8 Å². The lowest BCUT2D eigenvalue weighted by Crippen LogP contribution is -2.15. The molecule has 2 heteroatoms. The zero-order chi connectivity index (χ0) is 18.3. The molecule has 0 radical (unpaired) electrons. The standard InChI is InChI=1S/C23H42O2/c1-4-5-6-7-8-9-10-11-13-21-15-17-22(18-16-21)14-12-19-25-23(24)20(2)3/h21-22H,2,4-19H2,1,3H3. The molecule has 0 saturated heterocycles. The average molecular weight is 351 g/mol. The molecule has 0 bridgehead atoms.